The van der Waals surface area contributed by atoms with Gasteiger partial charge in [-0.15, -0.1) is 0 Å². The molecule has 0 aliphatic carbocycles. The highest BCUT2D eigenvalue weighted by Crippen LogP contribution is 2.16. The fourth-order valence-corrected chi connectivity index (χ4v) is 1.27. The van der Waals surface area contributed by atoms with Gasteiger partial charge in [0.2, 0.25) is 0 Å². The number of rotatable bonds is 3. The molecular formula is C12H18N2. The molecule has 0 saturated carbocycles. The summed E-state index contributed by atoms with van der Waals surface area (Å²) in [5, 5.41) is 0. The molecule has 1 aromatic heterocycles. The van der Waals surface area contributed by atoms with Crippen LogP contribution >= 0.6 is 0 Å². The first-order valence-corrected chi connectivity index (χ1v) is 5.04. The molecule has 0 aromatic carbocycles. The highest BCUT2D eigenvalue weighted by Gasteiger charge is 2.07. The average Bonchev–Trinajstić information content (AvgIpc) is 2.50. The molecule has 14 heavy (non-hydrogen) atoms. The second kappa shape index (κ2) is 4.80. The summed E-state index contributed by atoms with van der Waals surface area (Å²) in [6.07, 6.45) is 8.10. The molecular weight excluding hydrogens is 172 g/mol. The van der Waals surface area contributed by atoms with Crippen LogP contribution in [0.1, 0.15) is 50.8 Å². The van der Waals surface area contributed by atoms with Gasteiger partial charge in [0.25, 0.3) is 0 Å². The zero-order chi connectivity index (χ0) is 10.6. The lowest BCUT2D eigenvalue weighted by Gasteiger charge is -1.96. The molecule has 0 fully saturated rings. The van der Waals surface area contributed by atoms with Crippen LogP contribution in [-0.2, 0) is 0 Å². The number of allylic oxidation sites excluding steroid dienone is 2. The number of nitrogens with zero attached hydrogens (tertiary/aromatic N) is 1. The van der Waals surface area contributed by atoms with Gasteiger partial charge >= 0.3 is 0 Å². The molecule has 0 atom stereocenters. The van der Waals surface area contributed by atoms with Gasteiger partial charge < -0.3 is 4.98 Å². The smallest absolute Gasteiger partial charge is 0.109 e. The molecule has 1 aromatic rings. The molecule has 0 amide bonds. The zero-order valence-corrected chi connectivity index (χ0v) is 9.33. The van der Waals surface area contributed by atoms with Crippen molar-refractivity contribution in [3.8, 4) is 0 Å². The third kappa shape index (κ3) is 2.34. The minimum absolute atomic E-state index is 0.443. The molecule has 0 unspecified atom stereocenters. The zero-order valence-electron chi connectivity index (χ0n) is 9.33. The van der Waals surface area contributed by atoms with Crippen LogP contribution in [0.4, 0.5) is 0 Å². The summed E-state index contributed by atoms with van der Waals surface area (Å²) < 4.78 is 0. The maximum atomic E-state index is 4.52. The Morgan fingerprint density at radius 2 is 1.79 bits per heavy atom. The Bertz CT molecular complexity index is 314. The van der Waals surface area contributed by atoms with Gasteiger partial charge in [0.15, 0.2) is 0 Å². The van der Waals surface area contributed by atoms with Crippen molar-refractivity contribution in [2.75, 3.05) is 0 Å². The predicted molar refractivity (Wildman–Crippen MR) is 62.1 cm³/mol. The number of imidazole rings is 1. The Morgan fingerprint density at radius 3 is 2.29 bits per heavy atom. The normalized spacial score (nSPS) is 12.4. The van der Waals surface area contributed by atoms with Gasteiger partial charge in [0.1, 0.15) is 5.82 Å². The summed E-state index contributed by atoms with van der Waals surface area (Å²) in [6.45, 7) is 8.29. The number of aromatic nitrogens is 2. The summed E-state index contributed by atoms with van der Waals surface area (Å²) in [7, 11) is 0. The Kier molecular flexibility index (Phi) is 3.69. The summed E-state index contributed by atoms with van der Waals surface area (Å²) in [5.41, 5.74) is 2.11. The summed E-state index contributed by atoms with van der Waals surface area (Å²) in [4.78, 5) is 7.84. The monoisotopic (exact) mass is 190 g/mol. The van der Waals surface area contributed by atoms with E-state index in [1.54, 1.807) is 0 Å². The Hall–Kier alpha value is -1.31. The number of nitrogens with one attached hydrogen (secondary N) is 1. The Labute approximate surface area is 85.8 Å². The lowest BCUT2D eigenvalue weighted by Crippen LogP contribution is -1.89. The molecule has 0 spiro atoms. The van der Waals surface area contributed by atoms with Crippen LogP contribution in [0.15, 0.2) is 12.2 Å². The van der Waals surface area contributed by atoms with E-state index >= 15 is 0 Å². The van der Waals surface area contributed by atoms with Crippen LogP contribution in [-0.4, -0.2) is 9.97 Å². The highest BCUT2D eigenvalue weighted by molar-refractivity contribution is 5.59. The van der Waals surface area contributed by atoms with E-state index in [0.29, 0.717) is 5.92 Å². The van der Waals surface area contributed by atoms with E-state index < -0.39 is 0 Å². The van der Waals surface area contributed by atoms with E-state index in [0.717, 1.165) is 17.2 Å². The molecule has 76 valence electrons. The van der Waals surface area contributed by atoms with Crippen LogP contribution < -0.4 is 0 Å². The molecule has 0 bridgehead atoms. The van der Waals surface area contributed by atoms with Gasteiger partial charge in [0.05, 0.1) is 11.4 Å². The number of H-pyrrole nitrogens is 1. The Balaban J connectivity index is 3.11. The van der Waals surface area contributed by atoms with E-state index in [1.165, 1.54) is 0 Å². The molecule has 1 N–H and O–H groups in total. The minimum Gasteiger partial charge on any atom is -0.342 e. The van der Waals surface area contributed by atoms with Crippen LogP contribution in [0.25, 0.3) is 12.2 Å². The van der Waals surface area contributed by atoms with Crippen molar-refractivity contribution < 1.29 is 0 Å². The van der Waals surface area contributed by atoms with E-state index in [-0.39, 0.29) is 0 Å². The Morgan fingerprint density at radius 1 is 1.14 bits per heavy atom. The third-order valence-corrected chi connectivity index (χ3v) is 1.98. The van der Waals surface area contributed by atoms with Crippen molar-refractivity contribution in [2.24, 2.45) is 0 Å². The summed E-state index contributed by atoms with van der Waals surface area (Å²) in [6, 6.07) is 0. The van der Waals surface area contributed by atoms with Crippen molar-refractivity contribution in [2.45, 2.75) is 33.6 Å². The van der Waals surface area contributed by atoms with E-state index in [9.17, 15) is 0 Å². The molecule has 2 heteroatoms. The van der Waals surface area contributed by atoms with Gasteiger partial charge in [-0.1, -0.05) is 26.0 Å². The lowest BCUT2D eigenvalue weighted by atomic mass is 10.2. The van der Waals surface area contributed by atoms with E-state index in [4.69, 9.17) is 0 Å². The SMILES string of the molecule is C/C=C\c1nc(C(C)C)[nH]c1/C=C\C. The second-order valence-electron chi connectivity index (χ2n) is 3.58. The largest absolute Gasteiger partial charge is 0.342 e. The van der Waals surface area contributed by atoms with Crippen molar-refractivity contribution in [1.82, 2.24) is 9.97 Å². The molecule has 0 radical (unpaired) electrons. The highest BCUT2D eigenvalue weighted by atomic mass is 14.9. The van der Waals surface area contributed by atoms with Crippen molar-refractivity contribution >= 4 is 12.2 Å². The van der Waals surface area contributed by atoms with Gasteiger partial charge in [-0.25, -0.2) is 4.98 Å². The van der Waals surface area contributed by atoms with Gasteiger partial charge in [-0.3, -0.25) is 0 Å². The van der Waals surface area contributed by atoms with Crippen LogP contribution in [0.5, 0.6) is 0 Å². The molecule has 2 nitrogen and oxygen atoms in total. The molecule has 0 aliphatic heterocycles. The predicted octanol–water partition coefficient (Wildman–Crippen LogP) is 3.60. The van der Waals surface area contributed by atoms with Crippen LogP contribution in [0.2, 0.25) is 0 Å². The quantitative estimate of drug-likeness (QED) is 0.775. The van der Waals surface area contributed by atoms with Crippen LogP contribution in [0, 0.1) is 0 Å². The van der Waals surface area contributed by atoms with E-state index in [1.807, 2.05) is 38.2 Å². The number of hydrogen-bond acceptors (Lipinski definition) is 1. The second-order valence-corrected chi connectivity index (χ2v) is 3.58. The standard InChI is InChI=1S/C12H18N2/c1-5-7-10-11(8-6-2)14-12(13-10)9(3)4/h5-9H,1-4H3,(H,13,14)/b7-5-,8-6-. The maximum absolute atomic E-state index is 4.52. The van der Waals surface area contributed by atoms with E-state index in [2.05, 4.69) is 23.8 Å². The molecule has 0 saturated heterocycles. The number of aromatic amines is 1. The number of hydrogen-bond donors (Lipinski definition) is 1. The molecule has 0 aliphatic rings. The van der Waals surface area contributed by atoms with Gasteiger partial charge in [0, 0.05) is 5.92 Å². The third-order valence-electron chi connectivity index (χ3n) is 1.98. The fraction of sp³-hybridized carbons (Fsp3) is 0.417. The van der Waals surface area contributed by atoms with Crippen molar-refractivity contribution in [1.29, 1.82) is 0 Å². The summed E-state index contributed by atoms with van der Waals surface area (Å²) >= 11 is 0. The molecule has 1 heterocycles. The maximum Gasteiger partial charge on any atom is 0.109 e. The minimum atomic E-state index is 0.443. The topological polar surface area (TPSA) is 28.7 Å². The van der Waals surface area contributed by atoms with Gasteiger partial charge in [-0.2, -0.15) is 0 Å². The average molecular weight is 190 g/mol. The molecule has 1 rings (SSSR count). The fourth-order valence-electron chi connectivity index (χ4n) is 1.27. The van der Waals surface area contributed by atoms with Crippen molar-refractivity contribution in [3.05, 3.63) is 29.4 Å². The first-order valence-electron chi connectivity index (χ1n) is 5.04. The van der Waals surface area contributed by atoms with Crippen LogP contribution in [0.3, 0.4) is 0 Å². The first kappa shape index (κ1) is 10.8. The first-order chi connectivity index (χ1) is 6.69. The van der Waals surface area contributed by atoms with Crippen molar-refractivity contribution in [3.63, 3.8) is 0 Å². The lowest BCUT2D eigenvalue weighted by molar-refractivity contribution is 0.793. The van der Waals surface area contributed by atoms with Gasteiger partial charge in [-0.05, 0) is 26.0 Å². The summed E-state index contributed by atoms with van der Waals surface area (Å²) in [5.74, 6) is 1.49.